The number of aromatic nitrogens is 3. The van der Waals surface area contributed by atoms with Gasteiger partial charge in [-0.2, -0.15) is 0 Å². The first kappa shape index (κ1) is 32.4. The van der Waals surface area contributed by atoms with Crippen molar-refractivity contribution in [2.24, 2.45) is 0 Å². The second kappa shape index (κ2) is 13.6. The zero-order valence-electron chi connectivity index (χ0n) is 30.0. The van der Waals surface area contributed by atoms with Gasteiger partial charge in [-0.3, -0.25) is 4.98 Å². The number of hydrogen-bond donors (Lipinski definition) is 0. The number of benzene rings is 7. The van der Waals surface area contributed by atoms with Crippen LogP contribution in [0.25, 0.3) is 67.4 Å². The number of hydrogen-bond acceptors (Lipinski definition) is 3. The Bertz CT molecular complexity index is 2690. The average Bonchev–Trinajstić information content (AvgIpc) is 3.58. The van der Waals surface area contributed by atoms with Crippen LogP contribution in [0, 0.1) is 0 Å². The molecule has 0 N–H and O–H groups in total. The summed E-state index contributed by atoms with van der Waals surface area (Å²) < 4.78 is 0. The summed E-state index contributed by atoms with van der Waals surface area (Å²) in [5, 5.41) is 0. The number of rotatable bonds is 7. The Morgan fingerprint density at radius 1 is 0.309 bits per heavy atom. The van der Waals surface area contributed by atoms with Crippen LogP contribution in [0.15, 0.2) is 212 Å². The van der Waals surface area contributed by atoms with E-state index in [2.05, 4.69) is 164 Å². The first-order chi connectivity index (χ1) is 27.3. The second-order valence-electron chi connectivity index (χ2n) is 14.0. The van der Waals surface area contributed by atoms with Gasteiger partial charge >= 0.3 is 0 Å². The molecule has 0 amide bonds. The number of fused-ring (bicyclic) bond motifs is 3. The van der Waals surface area contributed by atoms with Crippen LogP contribution in [0.1, 0.15) is 22.3 Å². The SMILES string of the molecule is c1ccc(-c2cc(-c3ccc(-c4cccc(C5(c6cccc(-c7ccccn7)c6)c6ccccc6-c6ccccc65)c4)cc3)nc(-c3ccccc3)n2)cc1. The third kappa shape index (κ3) is 5.65. The van der Waals surface area contributed by atoms with Gasteiger partial charge in [0.25, 0.3) is 0 Å². The van der Waals surface area contributed by atoms with Gasteiger partial charge in [0.05, 0.1) is 22.5 Å². The van der Waals surface area contributed by atoms with E-state index in [0.29, 0.717) is 5.82 Å². The van der Waals surface area contributed by atoms with E-state index in [1.165, 1.54) is 33.4 Å². The van der Waals surface area contributed by atoms with E-state index in [0.717, 1.165) is 50.5 Å². The molecule has 0 aliphatic heterocycles. The molecule has 3 heteroatoms. The molecule has 55 heavy (non-hydrogen) atoms. The smallest absolute Gasteiger partial charge is 0.160 e. The van der Waals surface area contributed by atoms with Crippen molar-refractivity contribution < 1.29 is 0 Å². The Morgan fingerprint density at radius 3 is 1.42 bits per heavy atom. The molecule has 0 unspecified atom stereocenters. The minimum atomic E-state index is -0.531. The lowest BCUT2D eigenvalue weighted by atomic mass is 9.67. The van der Waals surface area contributed by atoms with Crippen molar-refractivity contribution in [2.45, 2.75) is 5.41 Å². The highest BCUT2D eigenvalue weighted by molar-refractivity contribution is 5.87. The molecular formula is C52H35N3. The summed E-state index contributed by atoms with van der Waals surface area (Å²) in [5.41, 5.74) is 16.3. The average molecular weight is 702 g/mol. The van der Waals surface area contributed by atoms with Crippen molar-refractivity contribution in [1.82, 2.24) is 15.0 Å². The molecule has 0 bridgehead atoms. The molecule has 0 saturated heterocycles. The van der Waals surface area contributed by atoms with Gasteiger partial charge in [0.1, 0.15) is 0 Å². The lowest BCUT2D eigenvalue weighted by Gasteiger charge is -2.34. The minimum Gasteiger partial charge on any atom is -0.256 e. The van der Waals surface area contributed by atoms with Gasteiger partial charge in [-0.15, -0.1) is 0 Å². The summed E-state index contributed by atoms with van der Waals surface area (Å²) in [5.74, 6) is 0.711. The van der Waals surface area contributed by atoms with Crippen LogP contribution in [-0.4, -0.2) is 15.0 Å². The Balaban J connectivity index is 1.10. The lowest BCUT2D eigenvalue weighted by molar-refractivity contribution is 0.769. The van der Waals surface area contributed by atoms with Crippen molar-refractivity contribution in [3.05, 3.63) is 235 Å². The number of pyridine rings is 1. The topological polar surface area (TPSA) is 38.7 Å². The van der Waals surface area contributed by atoms with E-state index >= 15 is 0 Å². The molecule has 0 radical (unpaired) electrons. The molecule has 9 aromatic rings. The molecule has 0 fully saturated rings. The summed E-state index contributed by atoms with van der Waals surface area (Å²) in [6, 6.07) is 73.3. The first-order valence-electron chi connectivity index (χ1n) is 18.7. The van der Waals surface area contributed by atoms with Crippen LogP contribution in [0.4, 0.5) is 0 Å². The third-order valence-electron chi connectivity index (χ3n) is 10.8. The fraction of sp³-hybridized carbons (Fsp3) is 0.0192. The predicted molar refractivity (Wildman–Crippen MR) is 224 cm³/mol. The van der Waals surface area contributed by atoms with Crippen LogP contribution in [0.5, 0.6) is 0 Å². The molecule has 10 rings (SSSR count). The zero-order valence-corrected chi connectivity index (χ0v) is 30.0. The molecule has 2 aromatic heterocycles. The molecule has 3 nitrogen and oxygen atoms in total. The highest BCUT2D eigenvalue weighted by Crippen LogP contribution is 2.56. The van der Waals surface area contributed by atoms with Crippen LogP contribution < -0.4 is 0 Å². The molecular weight excluding hydrogens is 667 g/mol. The van der Waals surface area contributed by atoms with Crippen LogP contribution in [0.2, 0.25) is 0 Å². The highest BCUT2D eigenvalue weighted by atomic mass is 14.9. The van der Waals surface area contributed by atoms with Gasteiger partial charge in [-0.1, -0.05) is 176 Å². The first-order valence-corrected chi connectivity index (χ1v) is 18.7. The van der Waals surface area contributed by atoms with Crippen LogP contribution in [-0.2, 0) is 5.41 Å². The van der Waals surface area contributed by atoms with Crippen LogP contribution >= 0.6 is 0 Å². The van der Waals surface area contributed by atoms with E-state index in [4.69, 9.17) is 15.0 Å². The van der Waals surface area contributed by atoms with E-state index in [-0.39, 0.29) is 0 Å². The molecule has 258 valence electrons. The van der Waals surface area contributed by atoms with Crippen molar-refractivity contribution in [1.29, 1.82) is 0 Å². The van der Waals surface area contributed by atoms with Crippen molar-refractivity contribution in [2.75, 3.05) is 0 Å². The summed E-state index contributed by atoms with van der Waals surface area (Å²) in [7, 11) is 0. The Hall–Kier alpha value is -7.23. The fourth-order valence-corrected chi connectivity index (χ4v) is 8.30. The molecule has 0 spiro atoms. The predicted octanol–water partition coefficient (Wildman–Crippen LogP) is 12.6. The summed E-state index contributed by atoms with van der Waals surface area (Å²) in [6.07, 6.45) is 1.86. The van der Waals surface area contributed by atoms with Crippen LogP contribution in [0.3, 0.4) is 0 Å². The monoisotopic (exact) mass is 701 g/mol. The van der Waals surface area contributed by atoms with Gasteiger partial charge in [-0.25, -0.2) is 9.97 Å². The van der Waals surface area contributed by atoms with E-state index in [1.54, 1.807) is 0 Å². The van der Waals surface area contributed by atoms with Crippen molar-refractivity contribution in [3.8, 4) is 67.4 Å². The quantitative estimate of drug-likeness (QED) is 0.166. The van der Waals surface area contributed by atoms with Gasteiger partial charge < -0.3 is 0 Å². The standard InChI is InChI=1S/C52H35N3/c1-3-15-37(16-4-1)49-35-50(55-51(54-49)39-17-5-2-6-18-39)38-30-28-36(29-31-38)40-19-13-21-42(33-40)52(43-22-14-20-41(34-43)48-27-11-12-32-53-48)46-25-9-7-23-44(46)45-24-8-10-26-47(45)52/h1-35H. The molecule has 2 heterocycles. The molecule has 0 saturated carbocycles. The fourth-order valence-electron chi connectivity index (χ4n) is 8.30. The minimum absolute atomic E-state index is 0.531. The van der Waals surface area contributed by atoms with Gasteiger partial charge in [0, 0.05) is 28.5 Å². The Morgan fingerprint density at radius 2 is 0.800 bits per heavy atom. The zero-order chi connectivity index (χ0) is 36.6. The maximum atomic E-state index is 5.07. The van der Waals surface area contributed by atoms with E-state index < -0.39 is 5.41 Å². The largest absolute Gasteiger partial charge is 0.256 e. The summed E-state index contributed by atoms with van der Waals surface area (Å²) in [6.45, 7) is 0. The molecule has 1 aliphatic rings. The highest BCUT2D eigenvalue weighted by Gasteiger charge is 2.46. The second-order valence-corrected chi connectivity index (χ2v) is 14.0. The number of nitrogens with zero attached hydrogens (tertiary/aromatic N) is 3. The summed E-state index contributed by atoms with van der Waals surface area (Å²) >= 11 is 0. The third-order valence-corrected chi connectivity index (χ3v) is 10.8. The van der Waals surface area contributed by atoms with E-state index in [9.17, 15) is 0 Å². The summed E-state index contributed by atoms with van der Waals surface area (Å²) in [4.78, 5) is 14.8. The molecule has 1 aliphatic carbocycles. The van der Waals surface area contributed by atoms with Crippen molar-refractivity contribution in [3.63, 3.8) is 0 Å². The maximum Gasteiger partial charge on any atom is 0.160 e. The van der Waals surface area contributed by atoms with Crippen molar-refractivity contribution >= 4 is 0 Å². The van der Waals surface area contributed by atoms with Gasteiger partial charge in [0.15, 0.2) is 5.82 Å². The Kier molecular flexibility index (Phi) is 8.04. The van der Waals surface area contributed by atoms with E-state index in [1.807, 2.05) is 48.7 Å². The van der Waals surface area contributed by atoms with Gasteiger partial charge in [-0.05, 0) is 74.8 Å². The van der Waals surface area contributed by atoms with Gasteiger partial charge in [0.2, 0.25) is 0 Å². The molecule has 0 atom stereocenters. The normalized spacial score (nSPS) is 12.5. The maximum absolute atomic E-state index is 5.07. The lowest BCUT2D eigenvalue weighted by Crippen LogP contribution is -2.28. The molecule has 7 aromatic carbocycles. The Labute approximate surface area is 321 Å².